The summed E-state index contributed by atoms with van der Waals surface area (Å²) in [6.07, 6.45) is 50.1. The van der Waals surface area contributed by atoms with Crippen LogP contribution in [0.25, 0.3) is 0 Å². The van der Waals surface area contributed by atoms with Crippen molar-refractivity contribution in [2.45, 2.75) is 244 Å². The minimum absolute atomic E-state index is 0.00498. The quantitative estimate of drug-likeness (QED) is 0.0274. The molecule has 3 atom stereocenters. The lowest BCUT2D eigenvalue weighted by Crippen LogP contribution is -2.45. The van der Waals surface area contributed by atoms with Crippen LogP contribution in [0.15, 0.2) is 24.3 Å². The smallest absolute Gasteiger partial charge is 0.268 e. The number of rotatable bonds is 45. The molecular formula is C49H97N2O6P. The molecule has 0 spiro atoms. The van der Waals surface area contributed by atoms with Crippen molar-refractivity contribution in [1.29, 1.82) is 0 Å². The standard InChI is InChI=1S/C49H97N2O6P/c1-6-8-10-12-14-15-16-17-18-19-20-21-22-23-24-25-26-27-28-29-30-31-32-33-34-35-37-39-41-43-49(53)50-47(48(52)42-40-38-36-13-11-9-7-2)46-57-58(54,55)56-45-44-51(3,4)5/h11,13,40,42,47-48,52H,6-10,12,14-39,41,43-46H2,1-5H3,(H-,50,53,54,55)/b13-11+,42-40+. The first-order valence-electron chi connectivity index (χ1n) is 24.7. The Morgan fingerprint density at radius 2 is 0.966 bits per heavy atom. The van der Waals surface area contributed by atoms with Gasteiger partial charge in [-0.3, -0.25) is 9.36 Å². The molecule has 0 radical (unpaired) electrons. The summed E-state index contributed by atoms with van der Waals surface area (Å²) in [5.41, 5.74) is 0. The highest BCUT2D eigenvalue weighted by Crippen LogP contribution is 2.38. The molecule has 0 aromatic rings. The van der Waals surface area contributed by atoms with Gasteiger partial charge in [0, 0.05) is 6.42 Å². The molecule has 0 saturated heterocycles. The van der Waals surface area contributed by atoms with Gasteiger partial charge in [0.05, 0.1) is 39.9 Å². The van der Waals surface area contributed by atoms with Crippen molar-refractivity contribution < 1.29 is 32.9 Å². The van der Waals surface area contributed by atoms with Gasteiger partial charge in [-0.25, -0.2) is 0 Å². The minimum atomic E-state index is -4.58. The highest BCUT2D eigenvalue weighted by atomic mass is 31.2. The molecule has 0 rings (SSSR count). The van der Waals surface area contributed by atoms with E-state index in [4.69, 9.17) is 9.05 Å². The first-order valence-corrected chi connectivity index (χ1v) is 26.2. The van der Waals surface area contributed by atoms with Gasteiger partial charge in [0.1, 0.15) is 13.2 Å². The fourth-order valence-corrected chi connectivity index (χ4v) is 7.96. The third-order valence-electron chi connectivity index (χ3n) is 11.1. The van der Waals surface area contributed by atoms with Crippen LogP contribution in [0.1, 0.15) is 232 Å². The predicted octanol–water partition coefficient (Wildman–Crippen LogP) is 13.5. The Hall–Kier alpha value is -1.02. The van der Waals surface area contributed by atoms with Gasteiger partial charge >= 0.3 is 0 Å². The average Bonchev–Trinajstić information content (AvgIpc) is 3.17. The van der Waals surface area contributed by atoms with Crippen molar-refractivity contribution in [2.24, 2.45) is 0 Å². The summed E-state index contributed by atoms with van der Waals surface area (Å²) in [5, 5.41) is 13.6. The van der Waals surface area contributed by atoms with E-state index in [2.05, 4.69) is 31.3 Å². The third-order valence-corrected chi connectivity index (χ3v) is 12.1. The van der Waals surface area contributed by atoms with Gasteiger partial charge in [-0.05, 0) is 25.7 Å². The van der Waals surface area contributed by atoms with Crippen LogP contribution >= 0.6 is 7.82 Å². The number of hydrogen-bond acceptors (Lipinski definition) is 6. The molecule has 9 heteroatoms. The summed E-state index contributed by atoms with van der Waals surface area (Å²) in [5.74, 6) is -0.208. The molecule has 8 nitrogen and oxygen atoms in total. The minimum Gasteiger partial charge on any atom is -0.756 e. The predicted molar refractivity (Wildman–Crippen MR) is 247 cm³/mol. The molecule has 0 fully saturated rings. The van der Waals surface area contributed by atoms with Gasteiger partial charge in [0.25, 0.3) is 7.82 Å². The van der Waals surface area contributed by atoms with Crippen LogP contribution in [0, 0.1) is 0 Å². The molecule has 0 heterocycles. The van der Waals surface area contributed by atoms with E-state index < -0.39 is 26.6 Å². The van der Waals surface area contributed by atoms with Crippen molar-refractivity contribution in [3.63, 3.8) is 0 Å². The van der Waals surface area contributed by atoms with E-state index in [1.165, 1.54) is 167 Å². The number of aliphatic hydroxyl groups excluding tert-OH is 1. The summed E-state index contributed by atoms with van der Waals surface area (Å²) >= 11 is 0. The van der Waals surface area contributed by atoms with Crippen LogP contribution in [-0.4, -0.2) is 68.5 Å². The summed E-state index contributed by atoms with van der Waals surface area (Å²) in [4.78, 5) is 25.2. The Morgan fingerprint density at radius 3 is 1.36 bits per heavy atom. The van der Waals surface area contributed by atoms with E-state index in [1.54, 1.807) is 6.08 Å². The van der Waals surface area contributed by atoms with Crippen molar-refractivity contribution >= 4 is 13.7 Å². The van der Waals surface area contributed by atoms with Gasteiger partial charge < -0.3 is 28.8 Å². The maximum atomic E-state index is 12.8. The molecule has 0 aliphatic rings. The van der Waals surface area contributed by atoms with Gasteiger partial charge in [0.2, 0.25) is 5.91 Å². The highest BCUT2D eigenvalue weighted by Gasteiger charge is 2.23. The van der Waals surface area contributed by atoms with E-state index in [0.717, 1.165) is 44.9 Å². The molecular weight excluding hydrogens is 744 g/mol. The number of aliphatic hydroxyl groups is 1. The van der Waals surface area contributed by atoms with E-state index >= 15 is 0 Å². The number of nitrogens with one attached hydrogen (secondary N) is 1. The van der Waals surface area contributed by atoms with Crippen LogP contribution in [-0.2, 0) is 18.4 Å². The number of phosphoric acid groups is 1. The number of carbonyl (C=O) groups excluding carboxylic acids is 1. The Balaban J connectivity index is 3.92. The Kier molecular flexibility index (Phi) is 40.6. The maximum absolute atomic E-state index is 12.8. The zero-order valence-electron chi connectivity index (χ0n) is 39.0. The van der Waals surface area contributed by atoms with Crippen molar-refractivity contribution in [3.05, 3.63) is 24.3 Å². The number of amides is 1. The van der Waals surface area contributed by atoms with Crippen LogP contribution in [0.5, 0.6) is 0 Å². The van der Waals surface area contributed by atoms with Crippen LogP contribution < -0.4 is 10.2 Å². The number of quaternary nitrogens is 1. The van der Waals surface area contributed by atoms with Gasteiger partial charge in [-0.15, -0.1) is 0 Å². The fourth-order valence-electron chi connectivity index (χ4n) is 7.24. The largest absolute Gasteiger partial charge is 0.756 e. The number of unbranched alkanes of at least 4 members (excludes halogenated alkanes) is 30. The summed E-state index contributed by atoms with van der Waals surface area (Å²) in [6.45, 7) is 4.53. The number of likely N-dealkylation sites (N-methyl/N-ethyl adjacent to an activating group) is 1. The second-order valence-corrected chi connectivity index (χ2v) is 19.6. The van der Waals surface area contributed by atoms with Crippen molar-refractivity contribution in [3.8, 4) is 0 Å². The van der Waals surface area contributed by atoms with Gasteiger partial charge in [-0.2, -0.15) is 0 Å². The Bertz CT molecular complexity index is 1000. The number of allylic oxidation sites excluding steroid dienone is 3. The second-order valence-electron chi connectivity index (χ2n) is 18.2. The summed E-state index contributed by atoms with van der Waals surface area (Å²) < 4.78 is 23.1. The first kappa shape index (κ1) is 57.0. The number of hydrogen-bond donors (Lipinski definition) is 2. The molecule has 3 unspecified atom stereocenters. The average molecular weight is 841 g/mol. The summed E-state index contributed by atoms with van der Waals surface area (Å²) in [7, 11) is 1.25. The molecule has 2 N–H and O–H groups in total. The lowest BCUT2D eigenvalue weighted by Gasteiger charge is -2.29. The monoisotopic (exact) mass is 841 g/mol. The van der Waals surface area contributed by atoms with Crippen LogP contribution in [0.3, 0.4) is 0 Å². The van der Waals surface area contributed by atoms with Crippen molar-refractivity contribution in [1.82, 2.24) is 5.32 Å². The molecule has 1 amide bonds. The SMILES string of the molecule is CCC/C=C/CC/C=C/C(O)C(COP(=O)([O-])OCC[N+](C)(C)C)NC(=O)CCCCCCCCCCCCCCCCCCCCCCCCCCCCCCC. The Morgan fingerprint density at radius 1 is 0.586 bits per heavy atom. The third kappa shape index (κ3) is 43.1. The molecule has 0 bridgehead atoms. The normalized spacial score (nSPS) is 14.4. The van der Waals surface area contributed by atoms with E-state index in [1.807, 2.05) is 27.2 Å². The number of carbonyl (C=O) groups is 1. The zero-order valence-corrected chi connectivity index (χ0v) is 39.9. The second kappa shape index (κ2) is 41.3. The highest BCUT2D eigenvalue weighted by molar-refractivity contribution is 7.45. The Labute approximate surface area is 360 Å². The lowest BCUT2D eigenvalue weighted by atomic mass is 10.0. The van der Waals surface area contributed by atoms with Crippen LogP contribution in [0.4, 0.5) is 0 Å². The number of nitrogens with zero attached hydrogens (tertiary/aromatic N) is 1. The molecule has 0 saturated carbocycles. The molecule has 58 heavy (non-hydrogen) atoms. The number of phosphoric ester groups is 1. The molecule has 0 aromatic carbocycles. The molecule has 344 valence electrons. The molecule has 0 aromatic heterocycles. The molecule has 0 aliphatic carbocycles. The van der Waals surface area contributed by atoms with E-state index in [-0.39, 0.29) is 12.5 Å². The lowest BCUT2D eigenvalue weighted by molar-refractivity contribution is -0.870. The first-order chi connectivity index (χ1) is 28.0. The van der Waals surface area contributed by atoms with Gasteiger partial charge in [-0.1, -0.05) is 224 Å². The van der Waals surface area contributed by atoms with E-state index in [0.29, 0.717) is 17.4 Å². The summed E-state index contributed by atoms with van der Waals surface area (Å²) in [6, 6.07) is -0.896. The van der Waals surface area contributed by atoms with E-state index in [9.17, 15) is 19.4 Å². The zero-order chi connectivity index (χ0) is 42.8. The maximum Gasteiger partial charge on any atom is 0.268 e. The van der Waals surface area contributed by atoms with Crippen molar-refractivity contribution in [2.75, 3.05) is 40.9 Å². The molecule has 0 aliphatic heterocycles. The van der Waals surface area contributed by atoms with Gasteiger partial charge in [0.15, 0.2) is 0 Å². The van der Waals surface area contributed by atoms with Crippen LogP contribution in [0.2, 0.25) is 0 Å². The fraction of sp³-hybridized carbons (Fsp3) is 0.898. The topological polar surface area (TPSA) is 108 Å².